The first-order chi connectivity index (χ1) is 12.8. The molecule has 1 aliphatic rings. The van der Waals surface area contributed by atoms with Crippen LogP contribution in [0.15, 0.2) is 42.5 Å². The normalized spacial score (nSPS) is 16.3. The molecule has 0 bridgehead atoms. The van der Waals surface area contributed by atoms with Crippen molar-refractivity contribution in [2.24, 2.45) is 5.92 Å². The average molecular weight is 351 g/mol. The second-order valence-corrected chi connectivity index (χ2v) is 7.88. The highest BCUT2D eigenvalue weighted by atomic mass is 16.5. The minimum Gasteiger partial charge on any atom is -0.497 e. The van der Waals surface area contributed by atoms with Crippen molar-refractivity contribution in [2.45, 2.75) is 71.1 Å². The van der Waals surface area contributed by atoms with E-state index in [2.05, 4.69) is 37.3 Å². The number of unbranched alkanes of at least 4 members (excludes halogenated alkanes) is 5. The van der Waals surface area contributed by atoms with Gasteiger partial charge in [-0.3, -0.25) is 0 Å². The van der Waals surface area contributed by atoms with Gasteiger partial charge in [0.1, 0.15) is 5.75 Å². The lowest BCUT2D eigenvalue weighted by Gasteiger charge is -2.25. The molecule has 0 aromatic heterocycles. The summed E-state index contributed by atoms with van der Waals surface area (Å²) in [6.07, 6.45) is 13.8. The van der Waals surface area contributed by atoms with E-state index in [-0.39, 0.29) is 0 Å². The quantitative estimate of drug-likeness (QED) is 0.434. The number of benzene rings is 2. The lowest BCUT2D eigenvalue weighted by Crippen LogP contribution is -2.14. The highest BCUT2D eigenvalue weighted by Crippen LogP contribution is 2.32. The number of aryl methyl sites for hydroxylation is 1. The van der Waals surface area contributed by atoms with Crippen LogP contribution in [0.2, 0.25) is 0 Å². The van der Waals surface area contributed by atoms with Crippen LogP contribution in [0.3, 0.4) is 0 Å². The summed E-state index contributed by atoms with van der Waals surface area (Å²) in [6, 6.07) is 15.5. The van der Waals surface area contributed by atoms with Crippen molar-refractivity contribution in [3.63, 3.8) is 0 Å². The van der Waals surface area contributed by atoms with E-state index in [0.717, 1.165) is 11.7 Å². The summed E-state index contributed by atoms with van der Waals surface area (Å²) in [4.78, 5) is 0. The minimum absolute atomic E-state index is 0.903. The number of rotatable bonds is 9. The van der Waals surface area contributed by atoms with Crippen LogP contribution in [0, 0.1) is 5.92 Å². The summed E-state index contributed by atoms with van der Waals surface area (Å²) in [5.41, 5.74) is 5.77. The van der Waals surface area contributed by atoms with E-state index >= 15 is 0 Å². The molecule has 0 amide bonds. The summed E-state index contributed by atoms with van der Waals surface area (Å²) in [5, 5.41) is 0. The molecule has 140 valence electrons. The Morgan fingerprint density at radius 2 is 1.58 bits per heavy atom. The lowest BCUT2D eigenvalue weighted by molar-refractivity contribution is 0.404. The van der Waals surface area contributed by atoms with E-state index in [1.165, 1.54) is 75.3 Å². The Hall–Kier alpha value is -1.76. The molecule has 0 saturated carbocycles. The van der Waals surface area contributed by atoms with Gasteiger partial charge < -0.3 is 4.74 Å². The maximum Gasteiger partial charge on any atom is 0.118 e. The second kappa shape index (κ2) is 9.80. The fourth-order valence-corrected chi connectivity index (χ4v) is 4.25. The van der Waals surface area contributed by atoms with Crippen LogP contribution in [0.5, 0.6) is 5.75 Å². The van der Waals surface area contributed by atoms with Crippen molar-refractivity contribution in [3.8, 4) is 16.9 Å². The van der Waals surface area contributed by atoms with Crippen LogP contribution in [0.1, 0.15) is 69.4 Å². The van der Waals surface area contributed by atoms with E-state index in [1.54, 1.807) is 18.2 Å². The van der Waals surface area contributed by atoms with Crippen molar-refractivity contribution >= 4 is 0 Å². The molecular formula is C25H34O. The number of methoxy groups -OCH3 is 1. The Morgan fingerprint density at radius 1 is 0.846 bits per heavy atom. The fourth-order valence-electron chi connectivity index (χ4n) is 4.25. The van der Waals surface area contributed by atoms with Gasteiger partial charge in [0.25, 0.3) is 0 Å². The number of hydrogen-bond acceptors (Lipinski definition) is 1. The van der Waals surface area contributed by atoms with Crippen LogP contribution in [0.25, 0.3) is 11.1 Å². The van der Waals surface area contributed by atoms with Crippen LogP contribution in [-0.2, 0) is 12.8 Å². The van der Waals surface area contributed by atoms with E-state index in [9.17, 15) is 0 Å². The Kier molecular flexibility index (Phi) is 7.17. The fraction of sp³-hybridized carbons (Fsp3) is 0.520. The van der Waals surface area contributed by atoms with Gasteiger partial charge >= 0.3 is 0 Å². The lowest BCUT2D eigenvalue weighted by atomic mass is 9.80. The molecule has 0 heterocycles. The van der Waals surface area contributed by atoms with E-state index in [1.807, 2.05) is 12.1 Å². The van der Waals surface area contributed by atoms with Crippen LogP contribution >= 0.6 is 0 Å². The zero-order valence-electron chi connectivity index (χ0n) is 16.6. The molecule has 0 spiro atoms. The Morgan fingerprint density at radius 3 is 2.35 bits per heavy atom. The van der Waals surface area contributed by atoms with Crippen molar-refractivity contribution < 1.29 is 4.74 Å². The minimum atomic E-state index is 0.903. The van der Waals surface area contributed by atoms with Crippen molar-refractivity contribution in [3.05, 3.63) is 53.6 Å². The van der Waals surface area contributed by atoms with E-state index in [0.29, 0.717) is 0 Å². The molecule has 26 heavy (non-hydrogen) atoms. The third kappa shape index (κ3) is 5.13. The van der Waals surface area contributed by atoms with Gasteiger partial charge in [-0.15, -0.1) is 0 Å². The van der Waals surface area contributed by atoms with Crippen molar-refractivity contribution in [1.29, 1.82) is 0 Å². The third-order valence-corrected chi connectivity index (χ3v) is 5.93. The standard InChI is InChI=1S/C25H34O/c1-3-4-5-6-7-8-9-20-10-11-24-19-23(13-12-22(24)18-20)21-14-16-25(26-2)17-15-21/h12-17,19-20H,3-11,18H2,1-2H3. The first-order valence-corrected chi connectivity index (χ1v) is 10.6. The van der Waals surface area contributed by atoms with Crippen LogP contribution < -0.4 is 4.74 Å². The first-order valence-electron chi connectivity index (χ1n) is 10.6. The SMILES string of the molecule is CCCCCCCCC1CCc2cc(-c3ccc(OC)cc3)ccc2C1. The van der Waals surface area contributed by atoms with Crippen molar-refractivity contribution in [2.75, 3.05) is 7.11 Å². The Balaban J connectivity index is 1.53. The van der Waals surface area contributed by atoms with Gasteiger partial charge in [0.15, 0.2) is 0 Å². The Labute approximate surface area is 159 Å². The maximum absolute atomic E-state index is 5.27. The molecule has 2 aromatic rings. The summed E-state index contributed by atoms with van der Waals surface area (Å²) in [5.74, 6) is 1.82. The molecule has 0 saturated heterocycles. The largest absolute Gasteiger partial charge is 0.497 e. The molecule has 1 aliphatic carbocycles. The summed E-state index contributed by atoms with van der Waals surface area (Å²) in [6.45, 7) is 2.29. The summed E-state index contributed by atoms with van der Waals surface area (Å²) >= 11 is 0. The van der Waals surface area contributed by atoms with Gasteiger partial charge in [0, 0.05) is 0 Å². The van der Waals surface area contributed by atoms with Gasteiger partial charge in [0.05, 0.1) is 7.11 Å². The second-order valence-electron chi connectivity index (χ2n) is 7.88. The predicted molar refractivity (Wildman–Crippen MR) is 112 cm³/mol. The summed E-state index contributed by atoms with van der Waals surface area (Å²) in [7, 11) is 1.72. The van der Waals surface area contributed by atoms with Gasteiger partial charge in [0.2, 0.25) is 0 Å². The molecule has 0 aliphatic heterocycles. The number of fused-ring (bicyclic) bond motifs is 1. The first kappa shape index (κ1) is 19.0. The maximum atomic E-state index is 5.27. The van der Waals surface area contributed by atoms with Gasteiger partial charge in [-0.25, -0.2) is 0 Å². The van der Waals surface area contributed by atoms with Crippen molar-refractivity contribution in [1.82, 2.24) is 0 Å². The molecule has 1 nitrogen and oxygen atoms in total. The zero-order chi connectivity index (χ0) is 18.2. The van der Waals surface area contributed by atoms with Crippen LogP contribution in [-0.4, -0.2) is 7.11 Å². The van der Waals surface area contributed by atoms with Gasteiger partial charge in [-0.05, 0) is 59.6 Å². The molecular weight excluding hydrogens is 316 g/mol. The molecule has 1 heteroatoms. The summed E-state index contributed by atoms with van der Waals surface area (Å²) < 4.78 is 5.27. The van der Waals surface area contributed by atoms with Crippen LogP contribution in [0.4, 0.5) is 0 Å². The smallest absolute Gasteiger partial charge is 0.118 e. The molecule has 0 N–H and O–H groups in total. The van der Waals surface area contributed by atoms with Gasteiger partial charge in [-0.2, -0.15) is 0 Å². The molecule has 1 atom stereocenters. The third-order valence-electron chi connectivity index (χ3n) is 5.93. The Bertz CT molecular complexity index is 671. The highest BCUT2D eigenvalue weighted by molar-refractivity contribution is 5.65. The molecule has 3 rings (SSSR count). The number of ether oxygens (including phenoxy) is 1. The predicted octanol–water partition coefficient (Wildman–Crippen LogP) is 7.22. The van der Waals surface area contributed by atoms with Gasteiger partial charge in [-0.1, -0.05) is 82.2 Å². The molecule has 0 radical (unpaired) electrons. The molecule has 2 aromatic carbocycles. The topological polar surface area (TPSA) is 9.23 Å². The monoisotopic (exact) mass is 350 g/mol. The molecule has 0 fully saturated rings. The number of hydrogen-bond donors (Lipinski definition) is 0. The van der Waals surface area contributed by atoms with E-state index < -0.39 is 0 Å². The highest BCUT2D eigenvalue weighted by Gasteiger charge is 2.18. The molecule has 1 unspecified atom stereocenters. The average Bonchev–Trinajstić information content (AvgIpc) is 2.70. The zero-order valence-corrected chi connectivity index (χ0v) is 16.6. The van der Waals surface area contributed by atoms with E-state index in [4.69, 9.17) is 4.74 Å².